The quantitative estimate of drug-likeness (QED) is 0.309. The first-order chi connectivity index (χ1) is 14.0. The fraction of sp³-hybridized carbons (Fsp3) is 0.667. The average molecular weight is 411 g/mol. The zero-order valence-electron chi connectivity index (χ0n) is 16.7. The maximum absolute atomic E-state index is 11.9. The van der Waals surface area contributed by atoms with Gasteiger partial charge in [0.1, 0.15) is 24.4 Å². The lowest BCUT2D eigenvalue weighted by molar-refractivity contribution is -0.300. The van der Waals surface area contributed by atoms with Crippen molar-refractivity contribution < 1.29 is 34.7 Å². The second-order valence-electron chi connectivity index (χ2n) is 7.32. The van der Waals surface area contributed by atoms with Gasteiger partial charge in [-0.1, -0.05) is 43.2 Å². The Morgan fingerprint density at radius 2 is 1.72 bits per heavy atom. The molecule has 1 fully saturated rings. The maximum Gasteiger partial charge on any atom is 0.220 e. The topological polar surface area (TPSA) is 128 Å². The van der Waals surface area contributed by atoms with E-state index in [1.165, 1.54) is 5.56 Å². The largest absolute Gasteiger partial charge is 0.394 e. The van der Waals surface area contributed by atoms with E-state index in [2.05, 4.69) is 17.4 Å². The fourth-order valence-electron chi connectivity index (χ4n) is 3.27. The molecule has 29 heavy (non-hydrogen) atoms. The minimum Gasteiger partial charge on any atom is -0.394 e. The van der Waals surface area contributed by atoms with Crippen molar-refractivity contribution in [1.82, 2.24) is 5.32 Å². The van der Waals surface area contributed by atoms with Crippen molar-refractivity contribution in [2.24, 2.45) is 0 Å². The van der Waals surface area contributed by atoms with E-state index >= 15 is 0 Å². The normalized spacial score (nSPS) is 27.0. The molecular weight excluding hydrogens is 378 g/mol. The monoisotopic (exact) mass is 411 g/mol. The van der Waals surface area contributed by atoms with Crippen LogP contribution in [0.2, 0.25) is 0 Å². The van der Waals surface area contributed by atoms with Crippen molar-refractivity contribution in [2.45, 2.75) is 69.2 Å². The number of aryl methyl sites for hydroxylation is 1. The maximum atomic E-state index is 11.9. The van der Waals surface area contributed by atoms with Crippen molar-refractivity contribution in [2.75, 3.05) is 19.8 Å². The van der Waals surface area contributed by atoms with Gasteiger partial charge in [0.15, 0.2) is 6.29 Å². The SMILES string of the molecule is O=C(CCCCCCc1ccccc1)NCCO[C@@H]1O[C@H](CO)[C@H](O)[C@H](O)[C@H]1O. The van der Waals surface area contributed by atoms with E-state index < -0.39 is 37.3 Å². The molecular formula is C21H33NO7. The van der Waals surface area contributed by atoms with E-state index in [1.54, 1.807) is 0 Å². The molecule has 1 aliphatic rings. The van der Waals surface area contributed by atoms with E-state index in [4.69, 9.17) is 14.6 Å². The first-order valence-corrected chi connectivity index (χ1v) is 10.3. The third-order valence-electron chi connectivity index (χ3n) is 5.02. The smallest absolute Gasteiger partial charge is 0.220 e. The zero-order valence-corrected chi connectivity index (χ0v) is 16.7. The molecule has 1 amide bonds. The molecule has 164 valence electrons. The van der Waals surface area contributed by atoms with Crippen molar-refractivity contribution in [1.29, 1.82) is 0 Å². The van der Waals surface area contributed by atoms with Gasteiger partial charge >= 0.3 is 0 Å². The summed E-state index contributed by atoms with van der Waals surface area (Å²) in [5, 5.41) is 41.1. The van der Waals surface area contributed by atoms with Gasteiger partial charge in [-0.3, -0.25) is 4.79 Å². The molecule has 8 heteroatoms. The third kappa shape index (κ3) is 8.00. The second kappa shape index (κ2) is 12.9. The predicted molar refractivity (Wildman–Crippen MR) is 106 cm³/mol. The highest BCUT2D eigenvalue weighted by atomic mass is 16.7. The number of amides is 1. The minimum atomic E-state index is -1.47. The second-order valence-corrected chi connectivity index (χ2v) is 7.32. The Balaban J connectivity index is 1.50. The Kier molecular flexibility index (Phi) is 10.5. The van der Waals surface area contributed by atoms with Gasteiger partial charge in [0.05, 0.1) is 13.2 Å². The number of ether oxygens (including phenoxy) is 2. The fourth-order valence-corrected chi connectivity index (χ4v) is 3.27. The summed E-state index contributed by atoms with van der Waals surface area (Å²) in [7, 11) is 0. The number of rotatable bonds is 12. The molecule has 0 spiro atoms. The molecule has 1 aliphatic heterocycles. The van der Waals surface area contributed by atoms with Crippen LogP contribution in [0, 0.1) is 0 Å². The number of nitrogens with one attached hydrogen (secondary N) is 1. The summed E-state index contributed by atoms with van der Waals surface area (Å²) in [4.78, 5) is 11.9. The van der Waals surface area contributed by atoms with Crippen LogP contribution in [0.5, 0.6) is 0 Å². The summed E-state index contributed by atoms with van der Waals surface area (Å²) in [6.45, 7) is -0.194. The molecule has 1 aromatic rings. The van der Waals surface area contributed by atoms with Crippen LogP contribution in [-0.2, 0) is 20.7 Å². The minimum absolute atomic E-state index is 0.0644. The van der Waals surface area contributed by atoms with E-state index in [0.29, 0.717) is 6.42 Å². The van der Waals surface area contributed by atoms with Gasteiger partial charge in [0.25, 0.3) is 0 Å². The molecule has 1 saturated heterocycles. The lowest BCUT2D eigenvalue weighted by Crippen LogP contribution is -2.59. The molecule has 0 radical (unpaired) electrons. The van der Waals surface area contributed by atoms with Crippen molar-refractivity contribution in [3.63, 3.8) is 0 Å². The van der Waals surface area contributed by atoms with Crippen LogP contribution < -0.4 is 5.32 Å². The van der Waals surface area contributed by atoms with E-state index in [9.17, 15) is 20.1 Å². The number of carbonyl (C=O) groups excluding carboxylic acids is 1. The summed E-state index contributed by atoms with van der Waals surface area (Å²) < 4.78 is 10.6. The molecule has 2 rings (SSSR count). The predicted octanol–water partition coefficient (Wildman–Crippen LogP) is 0.112. The summed E-state index contributed by atoms with van der Waals surface area (Å²) >= 11 is 0. The highest BCUT2D eigenvalue weighted by molar-refractivity contribution is 5.75. The van der Waals surface area contributed by atoms with Gasteiger partial charge in [0.2, 0.25) is 5.91 Å². The van der Waals surface area contributed by atoms with E-state index in [0.717, 1.165) is 32.1 Å². The number of aliphatic hydroxyl groups excluding tert-OH is 4. The Morgan fingerprint density at radius 3 is 2.45 bits per heavy atom. The number of carbonyl (C=O) groups is 1. The molecule has 5 N–H and O–H groups in total. The van der Waals surface area contributed by atoms with Gasteiger partial charge in [0, 0.05) is 13.0 Å². The van der Waals surface area contributed by atoms with Gasteiger partial charge in [-0.2, -0.15) is 0 Å². The average Bonchev–Trinajstić information content (AvgIpc) is 2.74. The molecule has 0 aliphatic carbocycles. The lowest BCUT2D eigenvalue weighted by Gasteiger charge is -2.39. The Bertz CT molecular complexity index is 584. The molecule has 0 saturated carbocycles. The number of hydrogen-bond donors (Lipinski definition) is 5. The van der Waals surface area contributed by atoms with Crippen molar-refractivity contribution >= 4 is 5.91 Å². The van der Waals surface area contributed by atoms with Gasteiger partial charge in [-0.25, -0.2) is 0 Å². The highest BCUT2D eigenvalue weighted by Gasteiger charge is 2.43. The van der Waals surface area contributed by atoms with Gasteiger partial charge in [-0.05, 0) is 24.8 Å². The number of benzene rings is 1. The standard InChI is InChI=1S/C21H33NO7/c23-14-16-18(25)19(26)20(27)21(29-16)28-13-12-22-17(24)11-7-2-1-4-8-15-9-5-3-6-10-15/h3,5-6,9-10,16,18-21,23,25-27H,1-2,4,7-8,11-14H2,(H,22,24)/t16-,18+,19+,20-,21-/m1/s1. The van der Waals surface area contributed by atoms with Crippen molar-refractivity contribution in [3.05, 3.63) is 35.9 Å². The summed E-state index contributed by atoms with van der Waals surface area (Å²) in [5.41, 5.74) is 1.34. The molecule has 1 aromatic carbocycles. The Hall–Kier alpha value is -1.55. The van der Waals surface area contributed by atoms with Crippen LogP contribution in [0.25, 0.3) is 0 Å². The molecule has 8 nitrogen and oxygen atoms in total. The van der Waals surface area contributed by atoms with Crippen LogP contribution in [0.3, 0.4) is 0 Å². The first kappa shape index (κ1) is 23.7. The van der Waals surface area contributed by atoms with Gasteiger partial charge < -0.3 is 35.2 Å². The zero-order chi connectivity index (χ0) is 21.1. The molecule has 0 bridgehead atoms. The van der Waals surface area contributed by atoms with Crippen molar-refractivity contribution in [3.8, 4) is 0 Å². The summed E-state index contributed by atoms with van der Waals surface area (Å²) in [6, 6.07) is 10.3. The van der Waals surface area contributed by atoms with E-state index in [1.807, 2.05) is 18.2 Å². The number of unbranched alkanes of at least 4 members (excludes halogenated alkanes) is 3. The molecule has 0 aromatic heterocycles. The molecule has 5 atom stereocenters. The van der Waals surface area contributed by atoms with E-state index in [-0.39, 0.29) is 19.1 Å². The van der Waals surface area contributed by atoms with Crippen LogP contribution >= 0.6 is 0 Å². The highest BCUT2D eigenvalue weighted by Crippen LogP contribution is 2.21. The van der Waals surface area contributed by atoms with Crippen LogP contribution in [0.4, 0.5) is 0 Å². The molecule has 0 unspecified atom stereocenters. The number of hydrogen-bond acceptors (Lipinski definition) is 7. The summed E-state index contributed by atoms with van der Waals surface area (Å²) in [6.07, 6.45) is -0.962. The first-order valence-electron chi connectivity index (χ1n) is 10.3. The lowest BCUT2D eigenvalue weighted by atomic mass is 9.99. The van der Waals surface area contributed by atoms with Crippen LogP contribution in [-0.4, -0.2) is 76.8 Å². The van der Waals surface area contributed by atoms with Gasteiger partial charge in [-0.15, -0.1) is 0 Å². The Morgan fingerprint density at radius 1 is 1.00 bits per heavy atom. The third-order valence-corrected chi connectivity index (χ3v) is 5.02. The summed E-state index contributed by atoms with van der Waals surface area (Å²) in [5.74, 6) is -0.0644. The molecule has 1 heterocycles. The number of aliphatic hydroxyl groups is 4. The van der Waals surface area contributed by atoms with Crippen LogP contribution in [0.1, 0.15) is 37.7 Å². The van der Waals surface area contributed by atoms with Crippen LogP contribution in [0.15, 0.2) is 30.3 Å². The Labute approximate surface area is 171 Å².